The Balaban J connectivity index is 1.51. The number of Topliss-reactive ketones (excluding diaryl/α,β-unsaturated/α-hetero) is 1. The normalized spacial score (nSPS) is 11.6. The molecule has 5 rings (SSSR count). The second kappa shape index (κ2) is 9.96. The van der Waals surface area contributed by atoms with Crippen molar-refractivity contribution in [3.8, 4) is 11.4 Å². The Morgan fingerprint density at radius 1 is 1.00 bits per heavy atom. The summed E-state index contributed by atoms with van der Waals surface area (Å²) in [4.78, 5) is 29.5. The number of alkyl halides is 3. The quantitative estimate of drug-likeness (QED) is 0.223. The van der Waals surface area contributed by atoms with Crippen LogP contribution in [0.2, 0.25) is 0 Å². The Labute approximate surface area is 212 Å². The van der Waals surface area contributed by atoms with Gasteiger partial charge >= 0.3 is 6.18 Å². The predicted octanol–water partition coefficient (Wildman–Crippen LogP) is 5.52. The highest BCUT2D eigenvalue weighted by Crippen LogP contribution is 2.31. The molecule has 12 heteroatoms. The molecule has 0 atom stereocenters. The van der Waals surface area contributed by atoms with Gasteiger partial charge in [-0.3, -0.25) is 9.78 Å². The molecule has 4 heterocycles. The smallest absolute Gasteiger partial charge is 0.366 e. The van der Waals surface area contributed by atoms with Gasteiger partial charge in [0, 0.05) is 60.3 Å². The number of nitrogens with one attached hydrogen (secondary N) is 1. The third kappa shape index (κ3) is 5.33. The molecule has 0 saturated heterocycles. The van der Waals surface area contributed by atoms with Gasteiger partial charge in [-0.1, -0.05) is 12.1 Å². The summed E-state index contributed by atoms with van der Waals surface area (Å²) in [6.07, 6.45) is 0.360. The summed E-state index contributed by atoms with van der Waals surface area (Å²) < 4.78 is 68.9. The van der Waals surface area contributed by atoms with Crippen molar-refractivity contribution >= 4 is 17.2 Å². The molecule has 0 amide bonds. The molecule has 0 radical (unpaired) electrons. The summed E-state index contributed by atoms with van der Waals surface area (Å²) in [5.74, 6) is -2.10. The molecule has 0 aliphatic heterocycles. The van der Waals surface area contributed by atoms with Crippen LogP contribution in [0.4, 0.5) is 27.8 Å². The number of fused-ring (bicyclic) bond motifs is 1. The summed E-state index contributed by atoms with van der Waals surface area (Å²) in [5, 5.41) is 2.84. The second-order valence-electron chi connectivity index (χ2n) is 8.28. The molecule has 192 valence electrons. The van der Waals surface area contributed by atoms with Crippen LogP contribution in [0.1, 0.15) is 27.3 Å². The number of imidazole rings is 1. The van der Waals surface area contributed by atoms with E-state index in [0.717, 1.165) is 24.4 Å². The first-order valence-corrected chi connectivity index (χ1v) is 11.2. The zero-order chi connectivity index (χ0) is 26.9. The van der Waals surface area contributed by atoms with Gasteiger partial charge in [-0.2, -0.15) is 13.2 Å². The first-order valence-electron chi connectivity index (χ1n) is 11.2. The van der Waals surface area contributed by atoms with E-state index < -0.39 is 29.2 Å². The number of nitrogens with zero attached hydrogens (tertiary/aromatic N) is 5. The molecule has 1 aromatic carbocycles. The van der Waals surface area contributed by atoms with Crippen LogP contribution in [-0.4, -0.2) is 30.1 Å². The lowest BCUT2D eigenvalue weighted by molar-refractivity contribution is -0.137. The zero-order valence-corrected chi connectivity index (χ0v) is 19.4. The number of pyridine rings is 2. The van der Waals surface area contributed by atoms with Crippen LogP contribution < -0.4 is 5.32 Å². The van der Waals surface area contributed by atoms with E-state index in [2.05, 4.69) is 25.3 Å². The summed E-state index contributed by atoms with van der Waals surface area (Å²) in [5.41, 5.74) is 0.219. The third-order valence-electron chi connectivity index (χ3n) is 5.67. The molecule has 0 spiro atoms. The van der Waals surface area contributed by atoms with Crippen molar-refractivity contribution in [2.24, 2.45) is 0 Å². The lowest BCUT2D eigenvalue weighted by Gasteiger charge is -2.12. The minimum atomic E-state index is -4.65. The Bertz CT molecular complexity index is 1650. The fourth-order valence-electron chi connectivity index (χ4n) is 3.78. The molecular weight excluding hydrogens is 507 g/mol. The molecule has 4 aromatic heterocycles. The van der Waals surface area contributed by atoms with Crippen molar-refractivity contribution < 1.29 is 26.7 Å². The Kier molecular flexibility index (Phi) is 6.53. The maximum absolute atomic E-state index is 14.1. The molecule has 1 N–H and O–H groups in total. The molecule has 0 bridgehead atoms. The van der Waals surface area contributed by atoms with Crippen LogP contribution in [0.15, 0.2) is 73.3 Å². The maximum Gasteiger partial charge on any atom is 0.417 e. The zero-order valence-electron chi connectivity index (χ0n) is 19.4. The number of benzene rings is 1. The van der Waals surface area contributed by atoms with Crippen LogP contribution >= 0.6 is 0 Å². The van der Waals surface area contributed by atoms with Crippen molar-refractivity contribution in [1.29, 1.82) is 0 Å². The van der Waals surface area contributed by atoms with E-state index in [1.807, 2.05) is 0 Å². The van der Waals surface area contributed by atoms with E-state index in [0.29, 0.717) is 17.5 Å². The van der Waals surface area contributed by atoms with Gasteiger partial charge in [0.1, 0.15) is 28.8 Å². The van der Waals surface area contributed by atoms with Crippen molar-refractivity contribution in [2.45, 2.75) is 19.1 Å². The molecule has 0 fully saturated rings. The lowest BCUT2D eigenvalue weighted by atomic mass is 10.1. The number of carbonyl (C=O) groups excluding carboxylic acids is 1. The molecule has 0 aliphatic rings. The van der Waals surface area contributed by atoms with Gasteiger partial charge in [-0.15, -0.1) is 0 Å². The standard InChI is InChI=1S/C26H17F5N6O/c27-18-5-4-15(20(28)9-18)13-34-23-11-21(22(38)10-19-2-1-3-24-33-6-7-37(19)24)35-25(36-23)16-8-17(14-32-12-16)26(29,30)31/h1-9,11-12,14H,10,13H2,(H,34,35,36). The van der Waals surface area contributed by atoms with Crippen LogP contribution in [-0.2, 0) is 19.1 Å². The summed E-state index contributed by atoms with van der Waals surface area (Å²) in [6, 6.07) is 10.5. The Hall–Kier alpha value is -4.74. The maximum atomic E-state index is 14.1. The predicted molar refractivity (Wildman–Crippen MR) is 127 cm³/mol. The van der Waals surface area contributed by atoms with Crippen molar-refractivity contribution in [2.75, 3.05) is 5.32 Å². The number of anilines is 1. The summed E-state index contributed by atoms with van der Waals surface area (Å²) in [6.45, 7) is -0.134. The molecule has 0 saturated carbocycles. The second-order valence-corrected chi connectivity index (χ2v) is 8.28. The van der Waals surface area contributed by atoms with Gasteiger partial charge in [-0.25, -0.2) is 23.7 Å². The van der Waals surface area contributed by atoms with E-state index in [4.69, 9.17) is 0 Å². The average Bonchev–Trinajstić information content (AvgIpc) is 3.38. The first-order chi connectivity index (χ1) is 18.2. The number of rotatable bonds is 7. The van der Waals surface area contributed by atoms with E-state index in [1.165, 1.54) is 12.1 Å². The Morgan fingerprint density at radius 2 is 1.84 bits per heavy atom. The summed E-state index contributed by atoms with van der Waals surface area (Å²) in [7, 11) is 0. The topological polar surface area (TPSA) is 85.1 Å². The van der Waals surface area contributed by atoms with Crippen molar-refractivity contribution in [1.82, 2.24) is 24.3 Å². The van der Waals surface area contributed by atoms with E-state index >= 15 is 0 Å². The van der Waals surface area contributed by atoms with Crippen LogP contribution in [0.3, 0.4) is 0 Å². The lowest BCUT2D eigenvalue weighted by Crippen LogP contribution is -2.13. The van der Waals surface area contributed by atoms with Gasteiger partial charge in [0.2, 0.25) is 0 Å². The van der Waals surface area contributed by atoms with Gasteiger partial charge in [0.05, 0.1) is 12.0 Å². The molecule has 5 aromatic rings. The average molecular weight is 524 g/mol. The first kappa shape index (κ1) is 24.9. The number of aromatic nitrogens is 5. The van der Waals surface area contributed by atoms with Crippen LogP contribution in [0.5, 0.6) is 0 Å². The highest BCUT2D eigenvalue weighted by molar-refractivity contribution is 5.96. The van der Waals surface area contributed by atoms with Crippen LogP contribution in [0.25, 0.3) is 17.0 Å². The molecular formula is C26H17F5N6O. The minimum absolute atomic E-state index is 0.0559. The Morgan fingerprint density at radius 3 is 2.63 bits per heavy atom. The van der Waals surface area contributed by atoms with E-state index in [-0.39, 0.29) is 41.4 Å². The minimum Gasteiger partial charge on any atom is -0.366 e. The van der Waals surface area contributed by atoms with Crippen LogP contribution in [0, 0.1) is 11.6 Å². The van der Waals surface area contributed by atoms with Gasteiger partial charge < -0.3 is 9.72 Å². The van der Waals surface area contributed by atoms with E-state index in [9.17, 15) is 26.7 Å². The monoisotopic (exact) mass is 524 g/mol. The third-order valence-corrected chi connectivity index (χ3v) is 5.67. The number of carbonyl (C=O) groups is 1. The van der Waals surface area contributed by atoms with Gasteiger partial charge in [0.25, 0.3) is 0 Å². The number of halogens is 5. The summed E-state index contributed by atoms with van der Waals surface area (Å²) >= 11 is 0. The largest absolute Gasteiger partial charge is 0.417 e. The van der Waals surface area contributed by atoms with Gasteiger partial charge in [0.15, 0.2) is 11.6 Å². The van der Waals surface area contributed by atoms with E-state index in [1.54, 1.807) is 35.0 Å². The SMILES string of the molecule is O=C(Cc1cccc2nccn12)c1cc(NCc2ccc(F)cc2F)nc(-c2cncc(C(F)(F)F)c2)n1. The highest BCUT2D eigenvalue weighted by Gasteiger charge is 2.31. The van der Waals surface area contributed by atoms with Crippen molar-refractivity contribution in [3.63, 3.8) is 0 Å². The number of hydrogen-bond donors (Lipinski definition) is 1. The molecule has 38 heavy (non-hydrogen) atoms. The molecule has 0 unspecified atom stereocenters. The molecule has 0 aliphatic carbocycles. The fourth-order valence-corrected chi connectivity index (χ4v) is 3.78. The highest BCUT2D eigenvalue weighted by atomic mass is 19.4. The number of hydrogen-bond acceptors (Lipinski definition) is 6. The fraction of sp³-hybridized carbons (Fsp3) is 0.115. The van der Waals surface area contributed by atoms with Gasteiger partial charge in [-0.05, 0) is 24.3 Å². The van der Waals surface area contributed by atoms with Crippen molar-refractivity contribution in [3.05, 3.63) is 107 Å². The number of ketones is 1. The molecule has 7 nitrogen and oxygen atoms in total.